The molecule has 8 nitrogen and oxygen atoms in total. The van der Waals surface area contributed by atoms with Crippen molar-refractivity contribution in [2.24, 2.45) is 7.05 Å². The van der Waals surface area contributed by atoms with E-state index in [2.05, 4.69) is 10.4 Å². The molecule has 0 aliphatic heterocycles. The molecule has 0 aliphatic carbocycles. The van der Waals surface area contributed by atoms with E-state index in [4.69, 9.17) is 9.52 Å². The van der Waals surface area contributed by atoms with Gasteiger partial charge in [-0.3, -0.25) is 9.59 Å². The Morgan fingerprint density at radius 2 is 2.14 bits per heavy atom. The highest BCUT2D eigenvalue weighted by Gasteiger charge is 2.15. The molecule has 0 saturated heterocycles. The molecule has 2 aromatic rings. The van der Waals surface area contributed by atoms with Gasteiger partial charge in [0.15, 0.2) is 0 Å². The summed E-state index contributed by atoms with van der Waals surface area (Å²) >= 11 is 0. The molecular formula is C13H13N3O5. The van der Waals surface area contributed by atoms with Crippen LogP contribution in [0.25, 0.3) is 0 Å². The molecule has 0 bridgehead atoms. The number of carbonyl (C=O) groups is 2. The quantitative estimate of drug-likeness (QED) is 0.837. The summed E-state index contributed by atoms with van der Waals surface area (Å²) in [6.07, 6.45) is 0. The Bertz CT molecular complexity index is 759. The van der Waals surface area contributed by atoms with Gasteiger partial charge in [-0.1, -0.05) is 0 Å². The lowest BCUT2D eigenvalue weighted by atomic mass is 10.2. The third-order valence-corrected chi connectivity index (χ3v) is 2.82. The zero-order valence-electron chi connectivity index (χ0n) is 11.4. The summed E-state index contributed by atoms with van der Waals surface area (Å²) in [5, 5.41) is 15.2. The molecule has 0 aromatic carbocycles. The van der Waals surface area contributed by atoms with E-state index in [1.54, 1.807) is 0 Å². The second kappa shape index (κ2) is 5.61. The predicted molar refractivity (Wildman–Crippen MR) is 71.1 cm³/mol. The molecule has 0 aliphatic rings. The van der Waals surface area contributed by atoms with Crippen LogP contribution in [0, 0.1) is 6.92 Å². The minimum absolute atomic E-state index is 0.0253. The average Bonchev–Trinajstić information content (AvgIpc) is 2.80. The Morgan fingerprint density at radius 3 is 2.71 bits per heavy atom. The van der Waals surface area contributed by atoms with Crippen molar-refractivity contribution in [2.45, 2.75) is 13.5 Å². The standard InChI is InChI=1S/C13H13N3O5/c1-7-9(13(19)20)5-8(21-7)6-14-12(18)10-3-4-11(17)16(2)15-10/h3-5H,6H2,1-2H3,(H,14,18)(H,19,20). The molecule has 0 spiro atoms. The van der Waals surface area contributed by atoms with Crippen LogP contribution in [0.5, 0.6) is 0 Å². The van der Waals surface area contributed by atoms with Gasteiger partial charge in [-0.25, -0.2) is 9.48 Å². The molecule has 0 atom stereocenters. The number of rotatable bonds is 4. The number of furan rings is 1. The highest BCUT2D eigenvalue weighted by atomic mass is 16.4. The maximum atomic E-state index is 11.9. The van der Waals surface area contributed by atoms with Crippen LogP contribution in [0.3, 0.4) is 0 Å². The van der Waals surface area contributed by atoms with E-state index in [-0.39, 0.29) is 29.1 Å². The fourth-order valence-electron chi connectivity index (χ4n) is 1.72. The van der Waals surface area contributed by atoms with Crippen LogP contribution >= 0.6 is 0 Å². The van der Waals surface area contributed by atoms with Crippen molar-refractivity contribution in [3.05, 3.63) is 51.3 Å². The molecular weight excluding hydrogens is 278 g/mol. The third kappa shape index (κ3) is 3.16. The number of aromatic carboxylic acids is 1. The number of hydrogen-bond donors (Lipinski definition) is 2. The number of aromatic nitrogens is 2. The number of aryl methyl sites for hydroxylation is 2. The number of carbonyl (C=O) groups excluding carboxylic acids is 1. The zero-order chi connectivity index (χ0) is 15.6. The third-order valence-electron chi connectivity index (χ3n) is 2.82. The van der Waals surface area contributed by atoms with E-state index in [0.29, 0.717) is 5.76 Å². The lowest BCUT2D eigenvalue weighted by Crippen LogP contribution is -2.27. The fraction of sp³-hybridized carbons (Fsp3) is 0.231. The monoisotopic (exact) mass is 291 g/mol. The summed E-state index contributed by atoms with van der Waals surface area (Å²) in [6, 6.07) is 3.90. The summed E-state index contributed by atoms with van der Waals surface area (Å²) in [4.78, 5) is 33.9. The van der Waals surface area contributed by atoms with Crippen molar-refractivity contribution in [3.63, 3.8) is 0 Å². The molecule has 0 unspecified atom stereocenters. The Morgan fingerprint density at radius 1 is 1.43 bits per heavy atom. The minimum Gasteiger partial charge on any atom is -0.478 e. The molecule has 2 heterocycles. The van der Waals surface area contributed by atoms with Crippen LogP contribution in [-0.4, -0.2) is 26.8 Å². The van der Waals surface area contributed by atoms with Crippen LogP contribution in [0.2, 0.25) is 0 Å². The summed E-state index contributed by atoms with van der Waals surface area (Å²) in [7, 11) is 1.44. The van der Waals surface area contributed by atoms with Gasteiger partial charge in [-0.2, -0.15) is 5.10 Å². The fourth-order valence-corrected chi connectivity index (χ4v) is 1.72. The largest absolute Gasteiger partial charge is 0.478 e. The Balaban J connectivity index is 2.07. The van der Waals surface area contributed by atoms with Crippen LogP contribution < -0.4 is 10.9 Å². The lowest BCUT2D eigenvalue weighted by Gasteiger charge is -2.03. The zero-order valence-corrected chi connectivity index (χ0v) is 11.4. The van der Waals surface area contributed by atoms with Crippen LogP contribution in [0.4, 0.5) is 0 Å². The SMILES string of the molecule is Cc1oc(CNC(=O)c2ccc(=O)n(C)n2)cc1C(=O)O. The molecule has 0 fully saturated rings. The Kier molecular flexibility index (Phi) is 3.88. The first kappa shape index (κ1) is 14.5. The number of nitrogens with zero attached hydrogens (tertiary/aromatic N) is 2. The molecule has 1 amide bonds. The van der Waals surface area contributed by atoms with Crippen molar-refractivity contribution in [2.75, 3.05) is 0 Å². The van der Waals surface area contributed by atoms with Crippen LogP contribution in [0.1, 0.15) is 32.4 Å². The highest BCUT2D eigenvalue weighted by Crippen LogP contribution is 2.14. The Labute approximate surface area is 119 Å². The van der Waals surface area contributed by atoms with E-state index in [0.717, 1.165) is 4.68 Å². The number of carboxylic acids is 1. The maximum Gasteiger partial charge on any atom is 0.339 e. The summed E-state index contributed by atoms with van der Waals surface area (Å²) < 4.78 is 6.28. The summed E-state index contributed by atoms with van der Waals surface area (Å²) in [6.45, 7) is 1.56. The van der Waals surface area contributed by atoms with Crippen molar-refractivity contribution in [1.82, 2.24) is 15.1 Å². The van der Waals surface area contributed by atoms with Gasteiger partial charge in [0.1, 0.15) is 22.8 Å². The molecule has 21 heavy (non-hydrogen) atoms. The molecule has 8 heteroatoms. The van der Waals surface area contributed by atoms with Crippen LogP contribution in [-0.2, 0) is 13.6 Å². The molecule has 0 radical (unpaired) electrons. The minimum atomic E-state index is -1.09. The van der Waals surface area contributed by atoms with Crippen molar-refractivity contribution in [3.8, 4) is 0 Å². The smallest absolute Gasteiger partial charge is 0.339 e. The normalized spacial score (nSPS) is 10.4. The van der Waals surface area contributed by atoms with Crippen LogP contribution in [0.15, 0.2) is 27.4 Å². The number of hydrogen-bond acceptors (Lipinski definition) is 5. The molecule has 110 valence electrons. The van der Waals surface area contributed by atoms with Crippen molar-refractivity contribution >= 4 is 11.9 Å². The van der Waals surface area contributed by atoms with Gasteiger partial charge in [0, 0.05) is 13.1 Å². The predicted octanol–water partition coefficient (Wildman–Crippen LogP) is 0.310. The van der Waals surface area contributed by atoms with Gasteiger partial charge in [0.25, 0.3) is 11.5 Å². The molecule has 2 N–H and O–H groups in total. The van der Waals surface area contributed by atoms with E-state index in [1.165, 1.54) is 32.2 Å². The highest BCUT2D eigenvalue weighted by molar-refractivity contribution is 5.92. The van der Waals surface area contributed by atoms with E-state index >= 15 is 0 Å². The maximum absolute atomic E-state index is 11.9. The second-order valence-electron chi connectivity index (χ2n) is 4.35. The number of nitrogens with one attached hydrogen (secondary N) is 1. The van der Waals surface area contributed by atoms with Gasteiger partial charge in [-0.05, 0) is 19.1 Å². The Hall–Kier alpha value is -2.90. The topological polar surface area (TPSA) is 114 Å². The second-order valence-corrected chi connectivity index (χ2v) is 4.35. The molecule has 0 saturated carbocycles. The average molecular weight is 291 g/mol. The van der Waals surface area contributed by atoms with E-state index in [9.17, 15) is 14.4 Å². The van der Waals surface area contributed by atoms with E-state index < -0.39 is 11.9 Å². The van der Waals surface area contributed by atoms with E-state index in [1.807, 2.05) is 0 Å². The summed E-state index contributed by atoms with van der Waals surface area (Å²) in [5.74, 6) is -0.986. The van der Waals surface area contributed by atoms with Crippen molar-refractivity contribution < 1.29 is 19.1 Å². The lowest BCUT2D eigenvalue weighted by molar-refractivity contribution is 0.0694. The molecule has 2 aromatic heterocycles. The van der Waals surface area contributed by atoms with Crippen molar-refractivity contribution in [1.29, 1.82) is 0 Å². The van der Waals surface area contributed by atoms with Gasteiger partial charge >= 0.3 is 5.97 Å². The van der Waals surface area contributed by atoms with Gasteiger partial charge < -0.3 is 14.8 Å². The summed E-state index contributed by atoms with van der Waals surface area (Å²) in [5.41, 5.74) is -0.183. The van der Waals surface area contributed by atoms with Gasteiger partial charge in [-0.15, -0.1) is 0 Å². The van der Waals surface area contributed by atoms with Gasteiger partial charge in [0.2, 0.25) is 0 Å². The number of carboxylic acid groups (broad SMARTS) is 1. The first-order valence-electron chi connectivity index (χ1n) is 6.03. The number of amides is 1. The first-order valence-corrected chi connectivity index (χ1v) is 6.03. The van der Waals surface area contributed by atoms with Gasteiger partial charge in [0.05, 0.1) is 6.54 Å². The first-order chi connectivity index (χ1) is 9.88. The molecule has 2 rings (SSSR count).